The van der Waals surface area contributed by atoms with Gasteiger partial charge in [-0.05, 0) is 83.5 Å². The molecule has 1 aliphatic rings. The lowest BCUT2D eigenvalue weighted by Crippen LogP contribution is -2.60. The molecule has 0 spiro atoms. The lowest BCUT2D eigenvalue weighted by atomic mass is 10.00. The zero-order valence-electron chi connectivity index (χ0n) is 36.8. The predicted molar refractivity (Wildman–Crippen MR) is 238 cm³/mol. The first-order valence-electron chi connectivity index (χ1n) is 22.8. The van der Waals surface area contributed by atoms with Crippen LogP contribution in [0.5, 0.6) is 0 Å². The van der Waals surface area contributed by atoms with Gasteiger partial charge in [-0.15, -0.1) is 0 Å². The lowest BCUT2D eigenvalue weighted by Gasteiger charge is -2.40. The van der Waals surface area contributed by atoms with E-state index in [1.165, 1.54) is 57.8 Å². The Morgan fingerprint density at radius 2 is 1.00 bits per heavy atom. The Hall–Kier alpha value is -2.65. The van der Waals surface area contributed by atoms with Gasteiger partial charge >= 0.3 is 11.9 Å². The molecule has 1 rings (SSSR count). The Morgan fingerprint density at radius 1 is 0.567 bits per heavy atom. The maximum absolute atomic E-state index is 12.8. The van der Waals surface area contributed by atoms with Gasteiger partial charge in [0, 0.05) is 12.8 Å². The molecule has 0 aromatic heterocycles. The van der Waals surface area contributed by atoms with E-state index in [0.29, 0.717) is 12.8 Å². The second-order valence-electron chi connectivity index (χ2n) is 15.7. The third-order valence-electron chi connectivity index (χ3n) is 10.1. The van der Waals surface area contributed by atoms with Crippen molar-refractivity contribution in [3.05, 3.63) is 60.8 Å². The summed E-state index contributed by atoms with van der Waals surface area (Å²) in [6.45, 7) is 3.67. The van der Waals surface area contributed by atoms with Crippen molar-refractivity contribution in [1.82, 2.24) is 0 Å². The smallest absolute Gasteiger partial charge is 0.306 e. The monoisotopic (exact) mass is 869 g/mol. The van der Waals surface area contributed by atoms with Crippen molar-refractivity contribution in [3.63, 3.8) is 0 Å². The van der Waals surface area contributed by atoms with Gasteiger partial charge in [-0.25, -0.2) is 0 Å². The molecular formula is C47H80O12S. The molecule has 0 aromatic carbocycles. The van der Waals surface area contributed by atoms with Gasteiger partial charge in [-0.2, -0.15) is 8.42 Å². The summed E-state index contributed by atoms with van der Waals surface area (Å²) >= 11 is 0. The first kappa shape index (κ1) is 55.4. The van der Waals surface area contributed by atoms with Crippen LogP contribution in [0.3, 0.4) is 0 Å². The lowest BCUT2D eigenvalue weighted by molar-refractivity contribution is -0.297. The highest BCUT2D eigenvalue weighted by molar-refractivity contribution is 7.85. The molecule has 0 amide bonds. The van der Waals surface area contributed by atoms with E-state index in [1.807, 2.05) is 0 Å². The van der Waals surface area contributed by atoms with E-state index in [1.54, 1.807) is 0 Å². The second-order valence-corrected chi connectivity index (χ2v) is 17.2. The highest BCUT2D eigenvalue weighted by Crippen LogP contribution is 2.24. The van der Waals surface area contributed by atoms with Gasteiger partial charge in [0.2, 0.25) is 0 Å². The quantitative estimate of drug-likeness (QED) is 0.0201. The average molecular weight is 869 g/mol. The molecule has 0 bridgehead atoms. The van der Waals surface area contributed by atoms with E-state index in [0.717, 1.165) is 70.6 Å². The molecular weight excluding hydrogens is 789 g/mol. The Morgan fingerprint density at radius 3 is 1.53 bits per heavy atom. The topological polar surface area (TPSA) is 186 Å². The van der Waals surface area contributed by atoms with Crippen LogP contribution in [-0.2, 0) is 38.7 Å². The van der Waals surface area contributed by atoms with Crippen LogP contribution in [0.2, 0.25) is 0 Å². The fourth-order valence-electron chi connectivity index (χ4n) is 6.48. The van der Waals surface area contributed by atoms with Crippen molar-refractivity contribution < 1.29 is 56.8 Å². The molecule has 13 heteroatoms. The van der Waals surface area contributed by atoms with Crippen LogP contribution >= 0.6 is 0 Å². The van der Waals surface area contributed by atoms with Gasteiger partial charge in [0.25, 0.3) is 10.1 Å². The summed E-state index contributed by atoms with van der Waals surface area (Å²) in [4.78, 5) is 25.4. The fraction of sp³-hybridized carbons (Fsp3) is 0.745. The minimum atomic E-state index is -4.61. The molecule has 0 aromatic rings. The van der Waals surface area contributed by atoms with Crippen molar-refractivity contribution in [1.29, 1.82) is 0 Å². The second kappa shape index (κ2) is 37.0. The highest BCUT2D eigenvalue weighted by atomic mass is 32.2. The molecule has 0 saturated carbocycles. The summed E-state index contributed by atoms with van der Waals surface area (Å²) < 4.78 is 54.0. The Kier molecular flexibility index (Phi) is 34.1. The molecule has 346 valence electrons. The van der Waals surface area contributed by atoms with Crippen molar-refractivity contribution in [2.75, 3.05) is 19.0 Å². The summed E-state index contributed by atoms with van der Waals surface area (Å²) in [6, 6.07) is 0. The minimum Gasteiger partial charge on any atom is -0.462 e. The molecule has 0 aliphatic carbocycles. The number of aliphatic hydroxyl groups excluding tert-OH is 3. The van der Waals surface area contributed by atoms with Crippen molar-refractivity contribution in [3.8, 4) is 0 Å². The summed E-state index contributed by atoms with van der Waals surface area (Å²) in [5.74, 6) is -2.05. The third-order valence-corrected chi connectivity index (χ3v) is 10.8. The number of aliphatic hydroxyl groups is 3. The summed E-state index contributed by atoms with van der Waals surface area (Å²) in [5.41, 5.74) is 0. The van der Waals surface area contributed by atoms with E-state index >= 15 is 0 Å². The molecule has 12 nitrogen and oxygen atoms in total. The van der Waals surface area contributed by atoms with Crippen LogP contribution in [0.25, 0.3) is 0 Å². The van der Waals surface area contributed by atoms with Crippen molar-refractivity contribution in [2.24, 2.45) is 0 Å². The Balaban J connectivity index is 2.49. The summed E-state index contributed by atoms with van der Waals surface area (Å²) in [6.07, 6.45) is 35.5. The Labute approximate surface area is 362 Å². The zero-order chi connectivity index (χ0) is 44.1. The number of hydrogen-bond acceptors (Lipinski definition) is 11. The number of ether oxygens (including phenoxy) is 4. The predicted octanol–water partition coefficient (Wildman–Crippen LogP) is 9.34. The number of carbonyl (C=O) groups is 2. The van der Waals surface area contributed by atoms with E-state index in [9.17, 15) is 37.9 Å². The maximum Gasteiger partial charge on any atom is 0.306 e. The number of allylic oxidation sites excluding steroid dienone is 10. The van der Waals surface area contributed by atoms with Crippen LogP contribution in [0.4, 0.5) is 0 Å². The van der Waals surface area contributed by atoms with Crippen molar-refractivity contribution >= 4 is 22.1 Å². The molecule has 1 aliphatic heterocycles. The number of hydrogen-bond donors (Lipinski definition) is 4. The highest BCUT2D eigenvalue weighted by Gasteiger charge is 2.46. The largest absolute Gasteiger partial charge is 0.462 e. The van der Waals surface area contributed by atoms with Crippen LogP contribution in [0.15, 0.2) is 60.8 Å². The molecule has 1 fully saturated rings. The normalized spacial score (nSPS) is 20.7. The standard InChI is InChI=1S/C47H80O12S/c1-3-5-7-9-11-13-15-17-18-19-20-21-22-24-26-28-30-32-34-36-43(49)58-40(38-57-47-46(52)45(51)44(50)41(59-47)39-60(53,54)55)37-56-42(48)35-33-31-29-27-25-23-16-14-12-10-8-6-4-2/h11,13,17-18,20-21,23-26,40-41,44-47,50-52H,3-10,12,14-16,19,22,27-39H2,1-2H3,(H,53,54,55)/b13-11+,18-17+,21-20+,25-23+,26-24+/t40-,41-,44-,45?,46?,47+/m1/s1. The van der Waals surface area contributed by atoms with Gasteiger partial charge in [-0.3, -0.25) is 14.1 Å². The van der Waals surface area contributed by atoms with Crippen LogP contribution < -0.4 is 0 Å². The van der Waals surface area contributed by atoms with Crippen LogP contribution in [0.1, 0.15) is 168 Å². The SMILES string of the molecule is CCCCC/C=C/C/C=C/C/C=C/C/C=C/CCCCCC(=O)O[C@H](COC(=O)CCCCC/C=C/CCCCCCCC)CO[C@H]1O[C@H](CS(=O)(=O)O)[C@@H](O)C(O)C1O. The first-order chi connectivity index (χ1) is 29.0. The number of carbonyl (C=O) groups excluding carboxylic acids is 2. The van der Waals surface area contributed by atoms with Gasteiger partial charge in [0.15, 0.2) is 12.4 Å². The number of unbranched alkanes of at least 4 members (excludes halogenated alkanes) is 15. The van der Waals surface area contributed by atoms with E-state index in [-0.39, 0.29) is 19.4 Å². The van der Waals surface area contributed by atoms with Gasteiger partial charge < -0.3 is 34.3 Å². The zero-order valence-corrected chi connectivity index (χ0v) is 37.6. The summed E-state index contributed by atoms with van der Waals surface area (Å²) in [5, 5.41) is 30.9. The molecule has 0 radical (unpaired) electrons. The molecule has 6 atom stereocenters. The average Bonchev–Trinajstić information content (AvgIpc) is 3.21. The number of esters is 2. The van der Waals surface area contributed by atoms with Gasteiger partial charge in [0.1, 0.15) is 36.8 Å². The third kappa shape index (κ3) is 31.2. The van der Waals surface area contributed by atoms with E-state index in [2.05, 4.69) is 74.6 Å². The maximum atomic E-state index is 12.8. The molecule has 2 unspecified atom stereocenters. The first-order valence-corrected chi connectivity index (χ1v) is 24.5. The van der Waals surface area contributed by atoms with E-state index < -0.39 is 71.2 Å². The molecule has 4 N–H and O–H groups in total. The van der Waals surface area contributed by atoms with Gasteiger partial charge in [0.05, 0.1) is 6.61 Å². The van der Waals surface area contributed by atoms with Crippen LogP contribution in [0, 0.1) is 0 Å². The van der Waals surface area contributed by atoms with Gasteiger partial charge in [-0.1, -0.05) is 132 Å². The van der Waals surface area contributed by atoms with E-state index in [4.69, 9.17) is 18.9 Å². The molecule has 1 saturated heterocycles. The molecule has 60 heavy (non-hydrogen) atoms. The molecule has 1 heterocycles. The Bertz CT molecular complexity index is 1340. The van der Waals surface area contributed by atoms with Crippen molar-refractivity contribution in [2.45, 2.75) is 205 Å². The summed E-state index contributed by atoms with van der Waals surface area (Å²) in [7, 11) is -4.61. The number of rotatable bonds is 37. The minimum absolute atomic E-state index is 0.121. The fourth-order valence-corrected chi connectivity index (χ4v) is 7.17. The van der Waals surface area contributed by atoms with Crippen LogP contribution in [-0.4, -0.2) is 96.0 Å².